The Hall–Kier alpha value is -2.08. The molecule has 1 aliphatic rings. The van der Waals surface area contributed by atoms with E-state index in [-0.39, 0.29) is 31.0 Å². The van der Waals surface area contributed by atoms with Gasteiger partial charge in [-0.2, -0.15) is 13.2 Å². The summed E-state index contributed by atoms with van der Waals surface area (Å²) in [4.78, 5) is 12.4. The summed E-state index contributed by atoms with van der Waals surface area (Å²) < 4.78 is 37.9. The molecule has 1 heterocycles. The zero-order valence-corrected chi connectivity index (χ0v) is 14.9. The third kappa shape index (κ3) is 3.85. The number of hydrogen-bond acceptors (Lipinski definition) is 2. The molecule has 0 radical (unpaired) electrons. The molecule has 1 fully saturated rings. The number of amides is 1. The molecule has 2 aromatic rings. The van der Waals surface area contributed by atoms with Gasteiger partial charge in [0.25, 0.3) is 0 Å². The van der Waals surface area contributed by atoms with Crippen LogP contribution < -0.4 is 5.32 Å². The highest BCUT2D eigenvalue weighted by atomic mass is 19.4. The second-order valence-electron chi connectivity index (χ2n) is 7.14. The lowest BCUT2D eigenvalue weighted by atomic mass is 9.96. The number of fused-ring (bicyclic) bond motifs is 1. The molecule has 3 rings (SSSR count). The smallest absolute Gasteiger partial charge is 0.334 e. The minimum atomic E-state index is -4.79. The molecule has 2 aromatic carbocycles. The highest BCUT2D eigenvalue weighted by Crippen LogP contribution is 2.29. The Morgan fingerprint density at radius 3 is 2.62 bits per heavy atom. The number of alkyl halides is 3. The standard InChI is InChI=1S/C20H23F3N2O/c1-13-11-25(19(26)20(21,22)23)12-16(13)10-24-14(2)17-9-5-7-15-6-3-4-8-18(15)17/h3-9,13-14,16,24H,10-12H2,1-2H3. The van der Waals surface area contributed by atoms with Gasteiger partial charge < -0.3 is 10.2 Å². The van der Waals surface area contributed by atoms with Gasteiger partial charge in [-0.05, 0) is 35.1 Å². The van der Waals surface area contributed by atoms with Gasteiger partial charge in [0.15, 0.2) is 0 Å². The van der Waals surface area contributed by atoms with Crippen molar-refractivity contribution in [3.8, 4) is 0 Å². The fourth-order valence-corrected chi connectivity index (χ4v) is 3.71. The van der Waals surface area contributed by atoms with Gasteiger partial charge in [-0.25, -0.2) is 0 Å². The Morgan fingerprint density at radius 2 is 1.88 bits per heavy atom. The number of halogens is 3. The van der Waals surface area contributed by atoms with Crippen LogP contribution in [0.25, 0.3) is 10.8 Å². The minimum absolute atomic E-state index is 0.0127. The molecule has 1 N–H and O–H groups in total. The summed E-state index contributed by atoms with van der Waals surface area (Å²) in [5.74, 6) is -1.68. The maximum Gasteiger partial charge on any atom is 0.471 e. The summed E-state index contributed by atoms with van der Waals surface area (Å²) in [5.41, 5.74) is 1.16. The second kappa shape index (κ2) is 7.27. The fraction of sp³-hybridized carbons (Fsp3) is 0.450. The number of rotatable bonds is 4. The van der Waals surface area contributed by atoms with Crippen molar-refractivity contribution in [2.45, 2.75) is 26.1 Å². The third-order valence-electron chi connectivity index (χ3n) is 5.27. The van der Waals surface area contributed by atoms with E-state index in [2.05, 4.69) is 36.5 Å². The molecule has 0 aliphatic carbocycles. The quantitative estimate of drug-likeness (QED) is 0.884. The number of benzene rings is 2. The molecular weight excluding hydrogens is 341 g/mol. The Labute approximate surface area is 151 Å². The summed E-state index contributed by atoms with van der Waals surface area (Å²) in [6.45, 7) is 4.84. The van der Waals surface area contributed by atoms with Crippen LogP contribution in [0.15, 0.2) is 42.5 Å². The number of hydrogen-bond donors (Lipinski definition) is 1. The van der Waals surface area contributed by atoms with E-state index in [4.69, 9.17) is 0 Å². The molecule has 1 saturated heterocycles. The van der Waals surface area contributed by atoms with Crippen molar-refractivity contribution < 1.29 is 18.0 Å². The average molecular weight is 364 g/mol. The lowest BCUT2D eigenvalue weighted by molar-refractivity contribution is -0.184. The van der Waals surface area contributed by atoms with Gasteiger partial charge in [-0.15, -0.1) is 0 Å². The van der Waals surface area contributed by atoms with Crippen LogP contribution in [0.5, 0.6) is 0 Å². The maximum atomic E-state index is 12.6. The van der Waals surface area contributed by atoms with Crippen molar-refractivity contribution in [1.29, 1.82) is 0 Å². The average Bonchev–Trinajstić information content (AvgIpc) is 2.98. The molecule has 1 amide bonds. The first-order valence-corrected chi connectivity index (χ1v) is 8.84. The van der Waals surface area contributed by atoms with Crippen molar-refractivity contribution in [2.75, 3.05) is 19.6 Å². The predicted molar refractivity (Wildman–Crippen MR) is 95.7 cm³/mol. The lowest BCUT2D eigenvalue weighted by Gasteiger charge is -2.21. The summed E-state index contributed by atoms with van der Waals surface area (Å²) in [5, 5.41) is 5.77. The van der Waals surface area contributed by atoms with Gasteiger partial charge in [0.05, 0.1) is 0 Å². The van der Waals surface area contributed by atoms with Crippen LogP contribution in [0.3, 0.4) is 0 Å². The first kappa shape index (κ1) is 18.7. The molecule has 3 nitrogen and oxygen atoms in total. The number of likely N-dealkylation sites (tertiary alicyclic amines) is 1. The van der Waals surface area contributed by atoms with Crippen LogP contribution in [0.1, 0.15) is 25.5 Å². The van der Waals surface area contributed by atoms with Crippen LogP contribution in [0.4, 0.5) is 13.2 Å². The first-order chi connectivity index (χ1) is 12.3. The monoisotopic (exact) mass is 364 g/mol. The van der Waals surface area contributed by atoms with Crippen molar-refractivity contribution in [3.05, 3.63) is 48.0 Å². The van der Waals surface area contributed by atoms with Crippen LogP contribution in [0.2, 0.25) is 0 Å². The lowest BCUT2D eigenvalue weighted by Crippen LogP contribution is -2.40. The SMILES string of the molecule is CC(NCC1CN(C(=O)C(F)(F)F)CC1C)c1cccc2ccccc12. The summed E-state index contributed by atoms with van der Waals surface area (Å²) in [6, 6.07) is 14.3. The Kier molecular flexibility index (Phi) is 5.23. The molecule has 0 spiro atoms. The van der Waals surface area contributed by atoms with Gasteiger partial charge in [0.2, 0.25) is 0 Å². The van der Waals surface area contributed by atoms with Crippen molar-refractivity contribution in [3.63, 3.8) is 0 Å². The third-order valence-corrected chi connectivity index (χ3v) is 5.27. The molecular formula is C20H23F3N2O. The largest absolute Gasteiger partial charge is 0.471 e. The van der Waals surface area contributed by atoms with E-state index in [1.54, 1.807) is 0 Å². The van der Waals surface area contributed by atoms with E-state index < -0.39 is 12.1 Å². The van der Waals surface area contributed by atoms with E-state index >= 15 is 0 Å². The molecule has 140 valence electrons. The van der Waals surface area contributed by atoms with E-state index in [0.29, 0.717) is 6.54 Å². The molecule has 0 bridgehead atoms. The zero-order valence-electron chi connectivity index (χ0n) is 14.9. The van der Waals surface area contributed by atoms with Crippen molar-refractivity contribution in [1.82, 2.24) is 10.2 Å². The maximum absolute atomic E-state index is 12.6. The molecule has 3 atom stereocenters. The Balaban J connectivity index is 1.64. The van der Waals surface area contributed by atoms with Gasteiger partial charge in [-0.1, -0.05) is 49.4 Å². The first-order valence-electron chi connectivity index (χ1n) is 8.84. The fourth-order valence-electron chi connectivity index (χ4n) is 3.71. The topological polar surface area (TPSA) is 32.3 Å². The van der Waals surface area contributed by atoms with Crippen LogP contribution in [-0.4, -0.2) is 36.6 Å². The Bertz CT molecular complexity index is 785. The number of nitrogens with one attached hydrogen (secondary N) is 1. The van der Waals surface area contributed by atoms with E-state index in [0.717, 1.165) is 15.8 Å². The summed E-state index contributed by atoms with van der Waals surface area (Å²) in [7, 11) is 0. The number of nitrogens with zero attached hydrogens (tertiary/aromatic N) is 1. The van der Waals surface area contributed by atoms with Crippen molar-refractivity contribution in [2.24, 2.45) is 11.8 Å². The van der Waals surface area contributed by atoms with Gasteiger partial charge in [0, 0.05) is 25.7 Å². The molecule has 26 heavy (non-hydrogen) atoms. The van der Waals surface area contributed by atoms with Crippen LogP contribution in [-0.2, 0) is 4.79 Å². The number of carbonyl (C=O) groups is 1. The minimum Gasteiger partial charge on any atom is -0.334 e. The molecule has 0 saturated carbocycles. The van der Waals surface area contributed by atoms with Crippen LogP contribution in [0, 0.1) is 11.8 Å². The van der Waals surface area contributed by atoms with E-state index in [1.807, 2.05) is 25.1 Å². The summed E-state index contributed by atoms with van der Waals surface area (Å²) >= 11 is 0. The van der Waals surface area contributed by atoms with Crippen LogP contribution >= 0.6 is 0 Å². The zero-order chi connectivity index (χ0) is 18.9. The highest BCUT2D eigenvalue weighted by Gasteiger charge is 2.46. The van der Waals surface area contributed by atoms with Gasteiger partial charge >= 0.3 is 12.1 Å². The van der Waals surface area contributed by atoms with Gasteiger partial charge in [0.1, 0.15) is 0 Å². The van der Waals surface area contributed by atoms with E-state index in [9.17, 15) is 18.0 Å². The highest BCUT2D eigenvalue weighted by molar-refractivity contribution is 5.86. The van der Waals surface area contributed by atoms with Gasteiger partial charge in [-0.3, -0.25) is 4.79 Å². The Morgan fingerprint density at radius 1 is 1.19 bits per heavy atom. The predicted octanol–water partition coefficient (Wildman–Crippen LogP) is 4.15. The molecule has 0 aromatic heterocycles. The summed E-state index contributed by atoms with van der Waals surface area (Å²) in [6.07, 6.45) is -4.79. The van der Waals surface area contributed by atoms with Crippen molar-refractivity contribution >= 4 is 16.7 Å². The molecule has 1 aliphatic heterocycles. The molecule has 3 unspecified atom stereocenters. The second-order valence-corrected chi connectivity index (χ2v) is 7.14. The normalized spacial score (nSPS) is 22.0. The molecule has 6 heteroatoms. The number of carbonyl (C=O) groups excluding carboxylic acids is 1. The van der Waals surface area contributed by atoms with E-state index in [1.165, 1.54) is 5.39 Å².